The first-order chi connectivity index (χ1) is 22.6. The van der Waals surface area contributed by atoms with Gasteiger partial charge in [0.1, 0.15) is 19.3 Å². The fourth-order valence-corrected chi connectivity index (χ4v) is 5.99. The van der Waals surface area contributed by atoms with Gasteiger partial charge in [-0.25, -0.2) is 4.57 Å². The molecule has 0 heterocycles. The van der Waals surface area contributed by atoms with Gasteiger partial charge >= 0.3 is 13.8 Å². The predicted octanol–water partition coefficient (Wildman–Crippen LogP) is 10.7. The van der Waals surface area contributed by atoms with E-state index in [1.807, 2.05) is 21.1 Å². The van der Waals surface area contributed by atoms with Crippen LogP contribution in [0.1, 0.15) is 168 Å². The summed E-state index contributed by atoms with van der Waals surface area (Å²) in [5.41, 5.74) is 0. The largest absolute Gasteiger partial charge is 0.472 e. The number of carbonyl (C=O) groups is 1. The molecule has 0 aromatic heterocycles. The molecule has 0 spiro atoms. The second-order valence-corrected chi connectivity index (χ2v) is 15.8. The molecule has 8 nitrogen and oxygen atoms in total. The predicted molar refractivity (Wildman–Crippen MR) is 197 cm³/mol. The van der Waals surface area contributed by atoms with E-state index in [-0.39, 0.29) is 25.8 Å². The minimum Gasteiger partial charge on any atom is -0.457 e. The van der Waals surface area contributed by atoms with Crippen molar-refractivity contribution in [2.24, 2.45) is 0 Å². The van der Waals surface area contributed by atoms with E-state index in [4.69, 9.17) is 18.5 Å². The van der Waals surface area contributed by atoms with Crippen molar-refractivity contribution in [1.29, 1.82) is 0 Å². The highest BCUT2D eigenvalue weighted by Crippen LogP contribution is 2.43. The standard InChI is InChI=1S/C38H76NO7P/c1-6-8-10-12-14-16-18-20-21-23-25-27-29-31-38(40)46-37(36-45-47(41,42)44-34-32-39(3,4)5)35-43-33-30-28-26-24-22-19-17-15-13-11-9-7-2/h16,18,37H,6-15,17,19-36H2,1-5H3/p+1/b18-16-. The third-order valence-electron chi connectivity index (χ3n) is 8.33. The topological polar surface area (TPSA) is 91.3 Å². The second kappa shape index (κ2) is 32.4. The summed E-state index contributed by atoms with van der Waals surface area (Å²) in [6.45, 7) is 5.61. The van der Waals surface area contributed by atoms with Crippen molar-refractivity contribution in [2.45, 2.75) is 174 Å². The van der Waals surface area contributed by atoms with Crippen LogP contribution >= 0.6 is 7.82 Å². The van der Waals surface area contributed by atoms with Crippen LogP contribution in [-0.2, 0) is 27.9 Å². The lowest BCUT2D eigenvalue weighted by molar-refractivity contribution is -0.870. The van der Waals surface area contributed by atoms with Crippen LogP contribution in [0.5, 0.6) is 0 Å². The molecule has 0 saturated heterocycles. The van der Waals surface area contributed by atoms with E-state index < -0.39 is 13.9 Å². The van der Waals surface area contributed by atoms with Crippen LogP contribution in [0.25, 0.3) is 0 Å². The SMILES string of the molecule is CCCCCC/C=C\CCCCCCCC(=O)OC(COCCCCCCCCCCCCCC)COP(=O)(O)OCC[N+](C)(C)C. The maximum absolute atomic E-state index is 12.6. The monoisotopic (exact) mass is 691 g/mol. The number of rotatable bonds is 36. The van der Waals surface area contributed by atoms with Crippen LogP contribution in [0, 0.1) is 0 Å². The summed E-state index contributed by atoms with van der Waals surface area (Å²) >= 11 is 0. The van der Waals surface area contributed by atoms with Crippen molar-refractivity contribution in [3.63, 3.8) is 0 Å². The first-order valence-electron chi connectivity index (χ1n) is 19.4. The van der Waals surface area contributed by atoms with Gasteiger partial charge in [0.25, 0.3) is 0 Å². The van der Waals surface area contributed by atoms with Gasteiger partial charge in [0, 0.05) is 13.0 Å². The van der Waals surface area contributed by atoms with Gasteiger partial charge in [-0.3, -0.25) is 13.8 Å². The highest BCUT2D eigenvalue weighted by Gasteiger charge is 2.26. The smallest absolute Gasteiger partial charge is 0.457 e. The van der Waals surface area contributed by atoms with E-state index >= 15 is 0 Å². The minimum absolute atomic E-state index is 0.0898. The number of nitrogens with zero attached hydrogens (tertiary/aromatic N) is 1. The van der Waals surface area contributed by atoms with Gasteiger partial charge in [0.05, 0.1) is 34.4 Å². The van der Waals surface area contributed by atoms with E-state index in [1.54, 1.807) is 0 Å². The molecular formula is C38H77NO7P+. The van der Waals surface area contributed by atoms with Gasteiger partial charge in [0.2, 0.25) is 0 Å². The van der Waals surface area contributed by atoms with E-state index in [1.165, 1.54) is 109 Å². The highest BCUT2D eigenvalue weighted by atomic mass is 31.2. The zero-order valence-electron chi connectivity index (χ0n) is 31.5. The normalized spacial score (nSPS) is 14.1. The Bertz CT molecular complexity index is 772. The van der Waals surface area contributed by atoms with E-state index in [0.29, 0.717) is 24.1 Å². The Morgan fingerprint density at radius 1 is 0.638 bits per heavy atom. The number of phosphoric acid groups is 1. The lowest BCUT2D eigenvalue weighted by Gasteiger charge is -2.24. The summed E-state index contributed by atoms with van der Waals surface area (Å²) in [5.74, 6) is -0.322. The van der Waals surface area contributed by atoms with Crippen LogP contribution in [-0.4, -0.2) is 75.6 Å². The quantitative estimate of drug-likeness (QED) is 0.0230. The van der Waals surface area contributed by atoms with Gasteiger partial charge in [-0.1, -0.05) is 135 Å². The fraction of sp³-hybridized carbons (Fsp3) is 0.921. The summed E-state index contributed by atoms with van der Waals surface area (Å²) in [4.78, 5) is 22.7. The number of hydrogen-bond acceptors (Lipinski definition) is 6. The molecule has 0 aliphatic carbocycles. The summed E-state index contributed by atoms with van der Waals surface area (Å²) < 4.78 is 34.8. The van der Waals surface area contributed by atoms with Gasteiger partial charge in [-0.2, -0.15) is 0 Å². The van der Waals surface area contributed by atoms with Crippen LogP contribution in [0.3, 0.4) is 0 Å². The molecule has 9 heteroatoms. The van der Waals surface area contributed by atoms with Gasteiger partial charge in [-0.05, 0) is 38.5 Å². The number of likely N-dealkylation sites (N-methyl/N-ethyl adjacent to an activating group) is 1. The Balaban J connectivity index is 4.30. The van der Waals surface area contributed by atoms with Crippen LogP contribution in [0.15, 0.2) is 12.2 Å². The first kappa shape index (κ1) is 46.2. The Morgan fingerprint density at radius 3 is 1.64 bits per heavy atom. The first-order valence-corrected chi connectivity index (χ1v) is 20.9. The maximum Gasteiger partial charge on any atom is 0.472 e. The van der Waals surface area contributed by atoms with Crippen molar-refractivity contribution in [3.05, 3.63) is 12.2 Å². The van der Waals surface area contributed by atoms with Gasteiger partial charge < -0.3 is 18.9 Å². The van der Waals surface area contributed by atoms with Crippen molar-refractivity contribution < 1.29 is 37.3 Å². The Kier molecular flexibility index (Phi) is 31.9. The summed E-state index contributed by atoms with van der Waals surface area (Å²) in [5, 5.41) is 0. The summed E-state index contributed by atoms with van der Waals surface area (Å²) in [6, 6.07) is 0. The molecule has 0 aromatic rings. The number of esters is 1. The number of ether oxygens (including phenoxy) is 2. The molecule has 0 rings (SSSR count). The molecule has 1 N–H and O–H groups in total. The fourth-order valence-electron chi connectivity index (χ4n) is 5.25. The van der Waals surface area contributed by atoms with Crippen molar-refractivity contribution >= 4 is 13.8 Å². The molecule has 0 saturated carbocycles. The van der Waals surface area contributed by atoms with Gasteiger partial charge in [-0.15, -0.1) is 0 Å². The molecule has 0 fully saturated rings. The average molecular weight is 691 g/mol. The zero-order valence-corrected chi connectivity index (χ0v) is 32.4. The molecule has 0 aliphatic heterocycles. The van der Waals surface area contributed by atoms with E-state index in [0.717, 1.165) is 38.5 Å². The third kappa shape index (κ3) is 36.3. The lowest BCUT2D eigenvalue weighted by Crippen LogP contribution is -2.37. The van der Waals surface area contributed by atoms with E-state index in [9.17, 15) is 14.3 Å². The Labute approximate surface area is 290 Å². The average Bonchev–Trinajstić information content (AvgIpc) is 3.01. The molecule has 47 heavy (non-hydrogen) atoms. The zero-order chi connectivity index (χ0) is 34.9. The number of phosphoric ester groups is 1. The molecule has 2 unspecified atom stereocenters. The molecule has 0 radical (unpaired) electrons. The molecule has 2 atom stereocenters. The van der Waals surface area contributed by atoms with Crippen LogP contribution in [0.4, 0.5) is 0 Å². The van der Waals surface area contributed by atoms with Gasteiger partial charge in [0.15, 0.2) is 0 Å². The van der Waals surface area contributed by atoms with Crippen LogP contribution in [0.2, 0.25) is 0 Å². The number of hydrogen-bond donors (Lipinski definition) is 1. The Morgan fingerprint density at radius 2 is 1.11 bits per heavy atom. The maximum atomic E-state index is 12.6. The number of allylic oxidation sites excluding steroid dienone is 2. The molecular weight excluding hydrogens is 613 g/mol. The van der Waals surface area contributed by atoms with Crippen molar-refractivity contribution in [2.75, 3.05) is 54.1 Å². The molecule has 0 amide bonds. The highest BCUT2D eigenvalue weighted by molar-refractivity contribution is 7.47. The Hall–Kier alpha value is -0.760. The van der Waals surface area contributed by atoms with E-state index in [2.05, 4.69) is 26.0 Å². The summed E-state index contributed by atoms with van der Waals surface area (Å²) in [7, 11) is 1.67. The summed E-state index contributed by atoms with van der Waals surface area (Å²) in [6.07, 6.45) is 32.3. The minimum atomic E-state index is -4.26. The lowest BCUT2D eigenvalue weighted by atomic mass is 10.1. The molecule has 0 bridgehead atoms. The van der Waals surface area contributed by atoms with Crippen LogP contribution < -0.4 is 0 Å². The molecule has 280 valence electrons. The second-order valence-electron chi connectivity index (χ2n) is 14.3. The number of quaternary nitrogens is 1. The molecule has 0 aromatic carbocycles. The molecule has 0 aliphatic rings. The number of carbonyl (C=O) groups excluding carboxylic acids is 1. The number of unbranched alkanes of at least 4 members (excludes halogenated alkanes) is 20. The third-order valence-corrected chi connectivity index (χ3v) is 9.31. The van der Waals surface area contributed by atoms with Crippen molar-refractivity contribution in [3.8, 4) is 0 Å². The van der Waals surface area contributed by atoms with Crippen molar-refractivity contribution in [1.82, 2.24) is 0 Å².